The standard InChI is InChI=1S/C28H36N6O4.ClH/c1-5-33-26(29)24(28(37)30-4)25(36)21-10-11-22(32-27(21)33)19-8-6-18(7-9-19)14-23(35)31-15-20-16-38-13-12-34(20)17(2)3;/h6-11,17,20H,5,12-16,29H2,1-4H3,(H,30,37)(H,31,35);1H. The molecular weight excluding hydrogens is 520 g/mol. The monoisotopic (exact) mass is 556 g/mol. The number of halogens is 1. The highest BCUT2D eigenvalue weighted by molar-refractivity contribution is 6.01. The molecule has 0 aliphatic carbocycles. The lowest BCUT2D eigenvalue weighted by Crippen LogP contribution is -2.53. The van der Waals surface area contributed by atoms with E-state index < -0.39 is 11.3 Å². The van der Waals surface area contributed by atoms with E-state index >= 15 is 0 Å². The summed E-state index contributed by atoms with van der Waals surface area (Å²) in [7, 11) is 1.46. The van der Waals surface area contributed by atoms with Gasteiger partial charge in [0.15, 0.2) is 0 Å². The summed E-state index contributed by atoms with van der Waals surface area (Å²) in [6, 6.07) is 11.6. The van der Waals surface area contributed by atoms with Gasteiger partial charge in [0, 0.05) is 38.3 Å². The maximum atomic E-state index is 13.0. The van der Waals surface area contributed by atoms with E-state index in [1.54, 1.807) is 16.7 Å². The number of nitrogens with one attached hydrogen (secondary N) is 2. The number of aromatic nitrogens is 2. The highest BCUT2D eigenvalue weighted by Gasteiger charge is 2.25. The molecule has 1 aliphatic heterocycles. The van der Waals surface area contributed by atoms with Crippen LogP contribution in [0.2, 0.25) is 0 Å². The molecule has 1 fully saturated rings. The number of carbonyl (C=O) groups excluding carboxylic acids is 2. The summed E-state index contributed by atoms with van der Waals surface area (Å²) in [5.41, 5.74) is 8.49. The molecule has 0 saturated carbocycles. The first-order valence-corrected chi connectivity index (χ1v) is 13.0. The summed E-state index contributed by atoms with van der Waals surface area (Å²) in [6.45, 7) is 9.41. The Balaban J connectivity index is 0.00000420. The number of anilines is 1. The molecule has 0 spiro atoms. The molecular formula is C28H37ClN6O4. The Morgan fingerprint density at radius 2 is 1.90 bits per heavy atom. The van der Waals surface area contributed by atoms with Gasteiger partial charge in [0.05, 0.1) is 36.8 Å². The fraction of sp³-hybridized carbons (Fsp3) is 0.429. The van der Waals surface area contributed by atoms with Crippen LogP contribution in [-0.2, 0) is 22.5 Å². The van der Waals surface area contributed by atoms with E-state index in [0.717, 1.165) is 24.3 Å². The van der Waals surface area contributed by atoms with Gasteiger partial charge in [-0.1, -0.05) is 24.3 Å². The first-order valence-electron chi connectivity index (χ1n) is 13.0. The van der Waals surface area contributed by atoms with Gasteiger partial charge in [0.1, 0.15) is 17.0 Å². The predicted molar refractivity (Wildman–Crippen MR) is 155 cm³/mol. The average Bonchev–Trinajstić information content (AvgIpc) is 2.92. The lowest BCUT2D eigenvalue weighted by Gasteiger charge is -2.38. The summed E-state index contributed by atoms with van der Waals surface area (Å²) >= 11 is 0. The van der Waals surface area contributed by atoms with Gasteiger partial charge in [0.25, 0.3) is 5.91 Å². The second-order valence-electron chi connectivity index (χ2n) is 9.72. The van der Waals surface area contributed by atoms with Gasteiger partial charge in [-0.25, -0.2) is 4.98 Å². The van der Waals surface area contributed by atoms with Gasteiger partial charge >= 0.3 is 0 Å². The van der Waals surface area contributed by atoms with Crippen LogP contribution in [0.25, 0.3) is 22.3 Å². The number of carbonyl (C=O) groups is 2. The van der Waals surface area contributed by atoms with Gasteiger partial charge in [-0.15, -0.1) is 12.4 Å². The number of aryl methyl sites for hydroxylation is 1. The van der Waals surface area contributed by atoms with E-state index in [-0.39, 0.29) is 42.2 Å². The summed E-state index contributed by atoms with van der Waals surface area (Å²) in [6.07, 6.45) is 0.273. The molecule has 39 heavy (non-hydrogen) atoms. The van der Waals surface area contributed by atoms with Crippen molar-refractivity contribution in [2.45, 2.75) is 45.8 Å². The maximum absolute atomic E-state index is 13.0. The molecule has 1 unspecified atom stereocenters. The number of nitrogens with zero attached hydrogens (tertiary/aromatic N) is 3. The molecule has 4 N–H and O–H groups in total. The molecule has 1 aromatic carbocycles. The average molecular weight is 557 g/mol. The third kappa shape index (κ3) is 6.41. The van der Waals surface area contributed by atoms with Crippen molar-refractivity contribution < 1.29 is 14.3 Å². The number of hydrogen-bond donors (Lipinski definition) is 3. The second-order valence-corrected chi connectivity index (χ2v) is 9.72. The minimum absolute atomic E-state index is 0. The van der Waals surface area contributed by atoms with Crippen molar-refractivity contribution in [1.82, 2.24) is 25.1 Å². The molecule has 210 valence electrons. The van der Waals surface area contributed by atoms with Gasteiger partial charge in [-0.2, -0.15) is 0 Å². The summed E-state index contributed by atoms with van der Waals surface area (Å²) < 4.78 is 7.27. The Morgan fingerprint density at radius 1 is 1.18 bits per heavy atom. The van der Waals surface area contributed by atoms with Crippen LogP contribution in [0.1, 0.15) is 36.7 Å². The number of fused-ring (bicyclic) bond motifs is 1. The SMILES string of the molecule is CCn1c(N)c(C(=O)NC)c(=O)c2ccc(-c3ccc(CC(=O)NCC4COCCN4C(C)C)cc3)nc21.Cl. The molecule has 1 saturated heterocycles. The minimum Gasteiger partial charge on any atom is -0.384 e. The van der Waals surface area contributed by atoms with E-state index in [1.165, 1.54) is 7.05 Å². The molecule has 2 aromatic heterocycles. The van der Waals surface area contributed by atoms with E-state index in [1.807, 2.05) is 31.2 Å². The van der Waals surface area contributed by atoms with E-state index in [0.29, 0.717) is 42.5 Å². The molecule has 11 heteroatoms. The van der Waals surface area contributed by atoms with Crippen LogP contribution in [0.3, 0.4) is 0 Å². The number of nitrogens with two attached hydrogens (primary N) is 1. The molecule has 0 bridgehead atoms. The van der Waals surface area contributed by atoms with Crippen molar-refractivity contribution in [3.05, 3.63) is 57.7 Å². The van der Waals surface area contributed by atoms with Crippen molar-refractivity contribution >= 4 is 41.1 Å². The zero-order valence-electron chi connectivity index (χ0n) is 22.8. The quantitative estimate of drug-likeness (QED) is 0.387. The summed E-state index contributed by atoms with van der Waals surface area (Å²) in [5, 5.41) is 5.85. The van der Waals surface area contributed by atoms with Crippen LogP contribution >= 0.6 is 12.4 Å². The lowest BCUT2D eigenvalue weighted by molar-refractivity contribution is -0.121. The van der Waals surface area contributed by atoms with Crippen molar-refractivity contribution in [2.24, 2.45) is 0 Å². The number of ether oxygens (including phenoxy) is 1. The third-order valence-electron chi connectivity index (χ3n) is 7.01. The first-order chi connectivity index (χ1) is 18.2. The highest BCUT2D eigenvalue weighted by atomic mass is 35.5. The topological polar surface area (TPSA) is 132 Å². The number of rotatable bonds is 8. The molecule has 2 amide bonds. The van der Waals surface area contributed by atoms with Gasteiger partial charge in [-0.3, -0.25) is 19.3 Å². The number of benzene rings is 1. The summed E-state index contributed by atoms with van der Waals surface area (Å²) in [4.78, 5) is 44.9. The maximum Gasteiger partial charge on any atom is 0.258 e. The van der Waals surface area contributed by atoms with Crippen LogP contribution in [-0.4, -0.2) is 71.7 Å². The fourth-order valence-corrected chi connectivity index (χ4v) is 4.95. The molecule has 1 aliphatic rings. The normalized spacial score (nSPS) is 15.7. The van der Waals surface area contributed by atoms with E-state index in [9.17, 15) is 14.4 Å². The number of amides is 2. The van der Waals surface area contributed by atoms with Crippen LogP contribution in [0.15, 0.2) is 41.2 Å². The Hall–Kier alpha value is -3.47. The Morgan fingerprint density at radius 3 is 2.54 bits per heavy atom. The third-order valence-corrected chi connectivity index (χ3v) is 7.01. The molecule has 10 nitrogen and oxygen atoms in total. The molecule has 0 radical (unpaired) electrons. The van der Waals surface area contributed by atoms with Crippen molar-refractivity contribution in [1.29, 1.82) is 0 Å². The van der Waals surface area contributed by atoms with Crippen LogP contribution in [0.5, 0.6) is 0 Å². The van der Waals surface area contributed by atoms with E-state index in [2.05, 4.69) is 29.4 Å². The molecule has 3 aromatic rings. The Labute approximate surface area is 234 Å². The Bertz CT molecular complexity index is 1390. The minimum atomic E-state index is -0.523. The van der Waals surface area contributed by atoms with Crippen LogP contribution < -0.4 is 21.8 Å². The zero-order valence-corrected chi connectivity index (χ0v) is 23.6. The predicted octanol–water partition coefficient (Wildman–Crippen LogP) is 2.21. The van der Waals surface area contributed by atoms with Gasteiger partial charge in [-0.05, 0) is 38.5 Å². The van der Waals surface area contributed by atoms with Gasteiger partial charge < -0.3 is 25.7 Å². The van der Waals surface area contributed by atoms with Crippen molar-refractivity contribution in [2.75, 3.05) is 39.1 Å². The number of pyridine rings is 2. The smallest absolute Gasteiger partial charge is 0.258 e. The fourth-order valence-electron chi connectivity index (χ4n) is 4.95. The van der Waals surface area contributed by atoms with Gasteiger partial charge in [0.2, 0.25) is 11.3 Å². The highest BCUT2D eigenvalue weighted by Crippen LogP contribution is 2.23. The Kier molecular flexibility index (Phi) is 10.1. The largest absolute Gasteiger partial charge is 0.384 e. The zero-order chi connectivity index (χ0) is 27.4. The van der Waals surface area contributed by atoms with Crippen molar-refractivity contribution in [3.63, 3.8) is 0 Å². The van der Waals surface area contributed by atoms with E-state index in [4.69, 9.17) is 15.5 Å². The summed E-state index contributed by atoms with van der Waals surface area (Å²) in [5.74, 6) is -0.471. The number of morpholine rings is 1. The second kappa shape index (κ2) is 13.1. The number of nitrogen functional groups attached to an aromatic ring is 1. The molecule has 3 heterocycles. The molecule has 4 rings (SSSR count). The van der Waals surface area contributed by atoms with Crippen LogP contribution in [0, 0.1) is 0 Å². The first kappa shape index (κ1) is 30.1. The lowest BCUT2D eigenvalue weighted by atomic mass is 10.0. The molecule has 1 atom stereocenters. The number of hydrogen-bond acceptors (Lipinski definition) is 7. The van der Waals surface area contributed by atoms with Crippen LogP contribution in [0.4, 0.5) is 5.82 Å². The van der Waals surface area contributed by atoms with Crippen molar-refractivity contribution in [3.8, 4) is 11.3 Å².